The highest BCUT2D eigenvalue weighted by molar-refractivity contribution is 5.97. The van der Waals surface area contributed by atoms with E-state index in [1.807, 2.05) is 19.9 Å². The lowest BCUT2D eigenvalue weighted by Gasteiger charge is -2.66. The molecule has 0 aromatic heterocycles. The fraction of sp³-hybridized carbons (Fsp3) is 0.767. The van der Waals surface area contributed by atoms with Gasteiger partial charge in [-0.2, -0.15) is 0 Å². The first-order valence-corrected chi connectivity index (χ1v) is 13.5. The van der Waals surface area contributed by atoms with Gasteiger partial charge in [-0.05, 0) is 79.8 Å². The van der Waals surface area contributed by atoms with Crippen molar-refractivity contribution in [2.75, 3.05) is 0 Å². The van der Waals surface area contributed by atoms with E-state index in [-0.39, 0.29) is 64.2 Å². The predicted molar refractivity (Wildman–Crippen MR) is 135 cm³/mol. The van der Waals surface area contributed by atoms with Crippen LogP contribution in [-0.2, 0) is 19.1 Å². The van der Waals surface area contributed by atoms with E-state index in [1.165, 1.54) is 6.92 Å². The normalized spacial score (nSPS) is 43.5. The number of allylic oxidation sites excluding steroid dienone is 3. The maximum absolute atomic E-state index is 13.6. The van der Waals surface area contributed by atoms with Crippen molar-refractivity contribution in [3.63, 3.8) is 0 Å². The Morgan fingerprint density at radius 2 is 1.77 bits per heavy atom. The number of aliphatic hydroxyl groups excluding tert-OH is 1. The highest BCUT2D eigenvalue weighted by Crippen LogP contribution is 2.72. The molecule has 0 aromatic carbocycles. The molecule has 1 N–H and O–H groups in total. The number of esters is 1. The summed E-state index contributed by atoms with van der Waals surface area (Å²) in [6.07, 6.45) is 8.92. The van der Waals surface area contributed by atoms with E-state index >= 15 is 0 Å². The Kier molecular flexibility index (Phi) is 6.31. The van der Waals surface area contributed by atoms with Crippen LogP contribution in [0, 0.1) is 45.3 Å². The molecule has 35 heavy (non-hydrogen) atoms. The molecule has 194 valence electrons. The summed E-state index contributed by atoms with van der Waals surface area (Å²) in [6, 6.07) is 0. The van der Waals surface area contributed by atoms with Crippen molar-refractivity contribution in [3.8, 4) is 0 Å². The number of carbonyl (C=O) groups excluding carboxylic acids is 3. The van der Waals surface area contributed by atoms with Crippen LogP contribution in [-0.4, -0.2) is 34.9 Å². The molecular weight excluding hydrogens is 440 g/mol. The molecule has 0 heterocycles. The second-order valence-electron chi connectivity index (χ2n) is 13.3. The van der Waals surface area contributed by atoms with Crippen molar-refractivity contribution in [3.05, 3.63) is 23.8 Å². The van der Waals surface area contributed by atoms with Gasteiger partial charge in [0.1, 0.15) is 6.10 Å². The zero-order chi connectivity index (χ0) is 26.1. The molecule has 0 amide bonds. The van der Waals surface area contributed by atoms with E-state index in [0.717, 1.165) is 24.8 Å². The number of ether oxygens (including phenoxy) is 1. The topological polar surface area (TPSA) is 80.7 Å². The molecule has 4 aliphatic carbocycles. The van der Waals surface area contributed by atoms with Gasteiger partial charge in [0, 0.05) is 23.7 Å². The van der Waals surface area contributed by atoms with Crippen LogP contribution in [0.25, 0.3) is 0 Å². The Balaban J connectivity index is 1.81. The summed E-state index contributed by atoms with van der Waals surface area (Å²) in [5.41, 5.74) is -0.425. The third kappa shape index (κ3) is 3.70. The number of aliphatic hydroxyl groups is 1. The highest BCUT2D eigenvalue weighted by Gasteiger charge is 2.69. The Hall–Kier alpha value is -1.75. The van der Waals surface area contributed by atoms with Crippen LogP contribution < -0.4 is 0 Å². The molecule has 0 aliphatic heterocycles. The fourth-order valence-corrected chi connectivity index (χ4v) is 9.08. The van der Waals surface area contributed by atoms with E-state index in [1.54, 1.807) is 13.0 Å². The molecule has 4 rings (SSSR count). The minimum Gasteiger partial charge on any atom is -0.462 e. The molecule has 0 aromatic rings. The van der Waals surface area contributed by atoms with Crippen LogP contribution in [0.5, 0.6) is 0 Å². The van der Waals surface area contributed by atoms with Crippen LogP contribution in [0.4, 0.5) is 0 Å². The van der Waals surface area contributed by atoms with Crippen LogP contribution in [0.3, 0.4) is 0 Å². The summed E-state index contributed by atoms with van der Waals surface area (Å²) in [6.45, 7) is 16.2. The minimum absolute atomic E-state index is 0.0535. The summed E-state index contributed by atoms with van der Waals surface area (Å²) in [7, 11) is 0. The van der Waals surface area contributed by atoms with E-state index in [9.17, 15) is 19.5 Å². The molecule has 0 bridgehead atoms. The summed E-state index contributed by atoms with van der Waals surface area (Å²) < 4.78 is 6.09. The highest BCUT2D eigenvalue weighted by atomic mass is 16.5. The molecule has 4 aliphatic rings. The number of hydrogen-bond donors (Lipinski definition) is 1. The Labute approximate surface area is 210 Å². The molecule has 2 fully saturated rings. The Bertz CT molecular complexity index is 989. The van der Waals surface area contributed by atoms with Gasteiger partial charge in [-0.15, -0.1) is 0 Å². The van der Waals surface area contributed by atoms with Gasteiger partial charge in [0.25, 0.3) is 0 Å². The van der Waals surface area contributed by atoms with Gasteiger partial charge < -0.3 is 9.84 Å². The molecule has 9 atom stereocenters. The first-order valence-electron chi connectivity index (χ1n) is 13.5. The second kappa shape index (κ2) is 8.39. The zero-order valence-corrected chi connectivity index (χ0v) is 22.8. The third-order valence-corrected chi connectivity index (χ3v) is 10.8. The summed E-state index contributed by atoms with van der Waals surface area (Å²) in [5, 5.41) is 9.84. The maximum atomic E-state index is 13.6. The average molecular weight is 485 g/mol. The van der Waals surface area contributed by atoms with Crippen molar-refractivity contribution >= 4 is 17.5 Å². The van der Waals surface area contributed by atoms with Crippen molar-refractivity contribution in [2.24, 2.45) is 45.3 Å². The first kappa shape index (κ1) is 26.3. The van der Waals surface area contributed by atoms with Gasteiger partial charge in [0.05, 0.1) is 6.10 Å². The lowest BCUT2D eigenvalue weighted by atomic mass is 9.38. The van der Waals surface area contributed by atoms with E-state index in [4.69, 9.17) is 4.74 Å². The van der Waals surface area contributed by atoms with E-state index in [2.05, 4.69) is 33.8 Å². The average Bonchev–Trinajstić information content (AvgIpc) is 3.02. The second-order valence-corrected chi connectivity index (χ2v) is 13.3. The van der Waals surface area contributed by atoms with Gasteiger partial charge in [-0.3, -0.25) is 14.4 Å². The molecule has 0 radical (unpaired) electrons. The number of rotatable bonds is 5. The van der Waals surface area contributed by atoms with Crippen molar-refractivity contribution in [1.82, 2.24) is 0 Å². The lowest BCUT2D eigenvalue weighted by Crippen LogP contribution is -2.64. The van der Waals surface area contributed by atoms with Crippen LogP contribution in [0.15, 0.2) is 23.8 Å². The van der Waals surface area contributed by atoms with Crippen molar-refractivity contribution in [1.29, 1.82) is 0 Å². The van der Waals surface area contributed by atoms with Crippen LogP contribution >= 0.6 is 0 Å². The quantitative estimate of drug-likeness (QED) is 0.525. The molecule has 5 nitrogen and oxygen atoms in total. The van der Waals surface area contributed by atoms with Crippen molar-refractivity contribution < 1.29 is 24.2 Å². The number of ketones is 2. The summed E-state index contributed by atoms with van der Waals surface area (Å²) >= 11 is 0. The minimum atomic E-state index is -0.540. The number of carbonyl (C=O) groups is 3. The van der Waals surface area contributed by atoms with E-state index < -0.39 is 10.8 Å². The SMILES string of the molecule is CC(=O)O[C@@H]1C[C@H]2C(C)(C)C(=O)C=C[C@]2(C)[C@H]2CC[C@]3(C)C(=CC(=O)[C@H]3[C@H](C)CC[C@H](C)O)[C@@]21C. The Morgan fingerprint density at radius 1 is 1.11 bits per heavy atom. The molecular formula is C30H44O5. The van der Waals surface area contributed by atoms with Gasteiger partial charge >= 0.3 is 5.97 Å². The van der Waals surface area contributed by atoms with Gasteiger partial charge in [-0.1, -0.05) is 53.2 Å². The number of hydrogen-bond acceptors (Lipinski definition) is 5. The third-order valence-electron chi connectivity index (χ3n) is 10.8. The maximum Gasteiger partial charge on any atom is 0.302 e. The first-order chi connectivity index (χ1) is 16.1. The largest absolute Gasteiger partial charge is 0.462 e. The molecule has 0 unspecified atom stereocenters. The lowest BCUT2D eigenvalue weighted by molar-refractivity contribution is -0.188. The van der Waals surface area contributed by atoms with Crippen molar-refractivity contribution in [2.45, 2.75) is 99.7 Å². The number of fused-ring (bicyclic) bond motifs is 5. The Morgan fingerprint density at radius 3 is 2.37 bits per heavy atom. The molecule has 0 spiro atoms. The molecule has 2 saturated carbocycles. The molecule has 0 saturated heterocycles. The van der Waals surface area contributed by atoms with Gasteiger partial charge in [0.15, 0.2) is 11.6 Å². The summed E-state index contributed by atoms with van der Waals surface area (Å²) in [4.78, 5) is 38.8. The zero-order valence-electron chi connectivity index (χ0n) is 22.8. The van der Waals surface area contributed by atoms with Crippen LogP contribution in [0.1, 0.15) is 87.5 Å². The van der Waals surface area contributed by atoms with Gasteiger partial charge in [-0.25, -0.2) is 0 Å². The predicted octanol–water partition coefficient (Wildman–Crippen LogP) is 5.45. The monoisotopic (exact) mass is 484 g/mol. The smallest absolute Gasteiger partial charge is 0.302 e. The van der Waals surface area contributed by atoms with Crippen LogP contribution in [0.2, 0.25) is 0 Å². The standard InChI is InChI=1S/C30H44O5/c1-17(9-10-18(2)31)26-20(33)15-23-29(26,7)13-11-21-28(6)14-12-24(34)27(4,5)22(28)16-25(30(21,23)8)35-19(3)32/h12,14-15,17-18,21-22,25-26,31H,9-11,13,16H2,1-8H3/t17-,18+,21-,22+,25-,26-,28-,29-,30-/m1/s1. The van der Waals surface area contributed by atoms with Gasteiger partial charge in [0.2, 0.25) is 0 Å². The summed E-state index contributed by atoms with van der Waals surface area (Å²) in [5.74, 6) is 0.226. The fourth-order valence-electron chi connectivity index (χ4n) is 9.08. The molecule has 5 heteroatoms. The van der Waals surface area contributed by atoms with E-state index in [0.29, 0.717) is 12.8 Å².